The first kappa shape index (κ1) is 32.0. The minimum Gasteiger partial charge on any atom is -0.310 e. The van der Waals surface area contributed by atoms with Gasteiger partial charge in [-0.3, -0.25) is 0 Å². The lowest BCUT2D eigenvalue weighted by Gasteiger charge is -2.29. The van der Waals surface area contributed by atoms with Gasteiger partial charge in [0.2, 0.25) is 0 Å². The molecule has 0 spiro atoms. The highest BCUT2D eigenvalue weighted by Crippen LogP contribution is 2.46. The number of nitrogens with zero attached hydrogens (tertiary/aromatic N) is 2. The molecule has 1 heterocycles. The van der Waals surface area contributed by atoms with Gasteiger partial charge in [0, 0.05) is 33.3 Å². The number of fused-ring (bicyclic) bond motifs is 9. The minimum atomic E-state index is 1.10. The number of hydrogen-bond acceptors (Lipinski definition) is 1. The number of benzene rings is 10. The summed E-state index contributed by atoms with van der Waals surface area (Å²) >= 11 is 0. The van der Waals surface area contributed by atoms with Crippen LogP contribution < -0.4 is 4.90 Å². The molecule has 1 aromatic heterocycles. The highest BCUT2D eigenvalue weighted by molar-refractivity contribution is 6.26. The maximum atomic E-state index is 2.43. The van der Waals surface area contributed by atoms with Crippen LogP contribution in [0.15, 0.2) is 218 Å². The molecule has 56 heavy (non-hydrogen) atoms. The number of para-hydroxylation sites is 4. The van der Waals surface area contributed by atoms with Crippen molar-refractivity contribution < 1.29 is 0 Å². The van der Waals surface area contributed by atoms with Crippen LogP contribution in [0.2, 0.25) is 0 Å². The summed E-state index contributed by atoms with van der Waals surface area (Å²) in [7, 11) is 0. The van der Waals surface area contributed by atoms with E-state index in [9.17, 15) is 0 Å². The lowest BCUT2D eigenvalue weighted by molar-refractivity contribution is 1.18. The predicted octanol–water partition coefficient (Wildman–Crippen LogP) is 15.0. The molecule has 0 radical (unpaired) electrons. The number of aromatic nitrogens is 1. The third-order valence-electron chi connectivity index (χ3n) is 11.4. The average molecular weight is 713 g/mol. The van der Waals surface area contributed by atoms with Gasteiger partial charge in [-0.2, -0.15) is 0 Å². The van der Waals surface area contributed by atoms with Crippen molar-refractivity contribution in [1.29, 1.82) is 0 Å². The monoisotopic (exact) mass is 712 g/mol. The fourth-order valence-corrected chi connectivity index (χ4v) is 8.88. The van der Waals surface area contributed by atoms with Gasteiger partial charge in [-0.15, -0.1) is 0 Å². The normalized spacial score (nSPS) is 11.6. The Morgan fingerprint density at radius 3 is 1.43 bits per heavy atom. The highest BCUT2D eigenvalue weighted by Gasteiger charge is 2.21. The zero-order valence-corrected chi connectivity index (χ0v) is 30.7. The second-order valence-corrected chi connectivity index (χ2v) is 14.5. The van der Waals surface area contributed by atoms with Gasteiger partial charge < -0.3 is 9.47 Å². The lowest BCUT2D eigenvalue weighted by Crippen LogP contribution is -2.11. The molecular weight excluding hydrogens is 677 g/mol. The Morgan fingerprint density at radius 1 is 0.286 bits per heavy atom. The summed E-state index contributed by atoms with van der Waals surface area (Å²) in [5, 5.41) is 10.1. The topological polar surface area (TPSA) is 8.17 Å². The summed E-state index contributed by atoms with van der Waals surface area (Å²) in [6, 6.07) is 79.5. The lowest BCUT2D eigenvalue weighted by atomic mass is 9.93. The first-order valence-corrected chi connectivity index (χ1v) is 19.3. The van der Waals surface area contributed by atoms with Crippen LogP contribution in [-0.4, -0.2) is 4.57 Å². The molecule has 0 N–H and O–H groups in total. The molecule has 0 bridgehead atoms. The van der Waals surface area contributed by atoms with E-state index in [0.717, 1.165) is 39.4 Å². The summed E-state index contributed by atoms with van der Waals surface area (Å²) in [5.41, 5.74) is 11.6. The molecule has 0 atom stereocenters. The van der Waals surface area contributed by atoms with Crippen LogP contribution in [0.5, 0.6) is 0 Å². The van der Waals surface area contributed by atoms with Crippen LogP contribution in [-0.2, 0) is 0 Å². The Morgan fingerprint density at radius 2 is 0.786 bits per heavy atom. The van der Waals surface area contributed by atoms with Gasteiger partial charge in [0.1, 0.15) is 0 Å². The first-order chi connectivity index (χ1) is 27.8. The fraction of sp³-hybridized carbons (Fsp3) is 0. The van der Waals surface area contributed by atoms with Gasteiger partial charge in [0.15, 0.2) is 0 Å². The fourth-order valence-electron chi connectivity index (χ4n) is 8.88. The highest BCUT2D eigenvalue weighted by atomic mass is 15.1. The van der Waals surface area contributed by atoms with E-state index in [2.05, 4.69) is 228 Å². The summed E-state index contributed by atoms with van der Waals surface area (Å²) in [6.07, 6.45) is 0. The second-order valence-electron chi connectivity index (χ2n) is 14.5. The van der Waals surface area contributed by atoms with Crippen molar-refractivity contribution in [3.63, 3.8) is 0 Å². The number of anilines is 3. The van der Waals surface area contributed by atoms with Gasteiger partial charge in [0.05, 0.1) is 22.4 Å². The SMILES string of the molecule is c1ccc(-c2cc(-c3ccccc3-n3c4ccccc4c4ccccc43)ccc2N(c2ccccc2)c2ccc3c4ccccc4c4ccccc4c3c2)cc1. The predicted molar refractivity (Wildman–Crippen MR) is 239 cm³/mol. The Kier molecular flexibility index (Phi) is 7.53. The van der Waals surface area contributed by atoms with E-state index in [1.54, 1.807) is 0 Å². The van der Waals surface area contributed by atoms with Crippen LogP contribution >= 0.6 is 0 Å². The average Bonchev–Trinajstić information content (AvgIpc) is 3.61. The Bertz CT molecular complexity index is 3160. The molecule has 0 aliphatic carbocycles. The van der Waals surface area contributed by atoms with Crippen LogP contribution in [0.4, 0.5) is 17.1 Å². The third-order valence-corrected chi connectivity index (χ3v) is 11.4. The summed E-state index contributed by atoms with van der Waals surface area (Å²) in [5.74, 6) is 0. The van der Waals surface area contributed by atoms with Gasteiger partial charge in [-0.25, -0.2) is 0 Å². The van der Waals surface area contributed by atoms with Crippen molar-refractivity contribution >= 4 is 71.2 Å². The third kappa shape index (κ3) is 5.11. The van der Waals surface area contributed by atoms with Crippen LogP contribution in [0, 0.1) is 0 Å². The van der Waals surface area contributed by atoms with Crippen molar-refractivity contribution in [2.75, 3.05) is 4.90 Å². The molecule has 0 unspecified atom stereocenters. The number of hydrogen-bond donors (Lipinski definition) is 0. The van der Waals surface area contributed by atoms with E-state index >= 15 is 0 Å². The summed E-state index contributed by atoms with van der Waals surface area (Å²) < 4.78 is 2.43. The maximum absolute atomic E-state index is 2.43. The minimum absolute atomic E-state index is 1.10. The molecule has 11 aromatic rings. The number of rotatable bonds is 6. The van der Waals surface area contributed by atoms with Crippen molar-refractivity contribution in [2.24, 2.45) is 0 Å². The standard InChI is InChI=1S/C54H36N2/c1-3-17-37(18-4-1)49-35-38(41-21-11-14-28-51(41)56-52-29-15-12-26-47(52)48-27-13-16-30-53(48)56)31-34-54(49)55(39-19-5-2-6-20-39)40-32-33-46-44-24-8-7-22-42(44)43-23-9-10-25-45(43)50(46)36-40/h1-36H. The van der Waals surface area contributed by atoms with Crippen LogP contribution in [0.3, 0.4) is 0 Å². The van der Waals surface area contributed by atoms with E-state index in [-0.39, 0.29) is 0 Å². The molecule has 0 fully saturated rings. The Labute approximate surface area is 325 Å². The smallest absolute Gasteiger partial charge is 0.0541 e. The molecule has 0 saturated carbocycles. The molecule has 2 nitrogen and oxygen atoms in total. The first-order valence-electron chi connectivity index (χ1n) is 19.3. The molecule has 10 aromatic carbocycles. The zero-order valence-electron chi connectivity index (χ0n) is 30.7. The molecule has 0 amide bonds. The second kappa shape index (κ2) is 13.2. The van der Waals surface area contributed by atoms with Crippen LogP contribution in [0.1, 0.15) is 0 Å². The molecular formula is C54H36N2. The van der Waals surface area contributed by atoms with Gasteiger partial charge in [0.25, 0.3) is 0 Å². The summed E-state index contributed by atoms with van der Waals surface area (Å²) in [4.78, 5) is 2.42. The zero-order chi connectivity index (χ0) is 37.0. The Balaban J connectivity index is 1.15. The quantitative estimate of drug-likeness (QED) is 0.156. The molecule has 0 saturated heterocycles. The van der Waals surface area contributed by atoms with E-state index in [1.165, 1.54) is 59.7 Å². The van der Waals surface area contributed by atoms with Crippen molar-refractivity contribution in [3.05, 3.63) is 218 Å². The van der Waals surface area contributed by atoms with E-state index in [0.29, 0.717) is 0 Å². The van der Waals surface area contributed by atoms with Crippen molar-refractivity contribution in [2.45, 2.75) is 0 Å². The Hall–Kier alpha value is -7.42. The molecule has 11 rings (SSSR count). The molecule has 0 aliphatic heterocycles. The van der Waals surface area contributed by atoms with E-state index in [1.807, 2.05) is 0 Å². The van der Waals surface area contributed by atoms with Gasteiger partial charge in [-0.05, 0) is 98.0 Å². The molecule has 262 valence electrons. The van der Waals surface area contributed by atoms with E-state index < -0.39 is 0 Å². The largest absolute Gasteiger partial charge is 0.310 e. The van der Waals surface area contributed by atoms with Crippen molar-refractivity contribution in [3.8, 4) is 27.9 Å². The van der Waals surface area contributed by atoms with E-state index in [4.69, 9.17) is 0 Å². The maximum Gasteiger partial charge on any atom is 0.0541 e. The van der Waals surface area contributed by atoms with Gasteiger partial charge in [-0.1, -0.05) is 164 Å². The van der Waals surface area contributed by atoms with Crippen LogP contribution in [0.25, 0.3) is 82.1 Å². The van der Waals surface area contributed by atoms with Crippen molar-refractivity contribution in [1.82, 2.24) is 4.57 Å². The molecule has 2 heteroatoms. The summed E-state index contributed by atoms with van der Waals surface area (Å²) in [6.45, 7) is 0. The molecule has 0 aliphatic rings. The van der Waals surface area contributed by atoms with Gasteiger partial charge >= 0.3 is 0 Å².